The van der Waals surface area contributed by atoms with Crippen LogP contribution in [0.5, 0.6) is 0 Å². The van der Waals surface area contributed by atoms with E-state index in [1.165, 1.54) is 36.1 Å². The highest BCUT2D eigenvalue weighted by atomic mass is 35.5. The van der Waals surface area contributed by atoms with Crippen molar-refractivity contribution in [2.24, 2.45) is 17.8 Å². The van der Waals surface area contributed by atoms with Crippen molar-refractivity contribution in [2.45, 2.75) is 38.1 Å². The van der Waals surface area contributed by atoms with Crippen LogP contribution in [0.3, 0.4) is 0 Å². The topological polar surface area (TPSA) is 41.1 Å². The van der Waals surface area contributed by atoms with E-state index >= 15 is 0 Å². The minimum atomic E-state index is -0.0666. The first-order valence-electron chi connectivity index (χ1n) is 11.6. The summed E-state index contributed by atoms with van der Waals surface area (Å²) in [5.74, 6) is 2.56. The molecule has 3 nitrogen and oxygen atoms in total. The van der Waals surface area contributed by atoms with Gasteiger partial charge >= 0.3 is 0 Å². The lowest BCUT2D eigenvalue weighted by Gasteiger charge is -2.43. The molecule has 2 aliphatic carbocycles. The number of halogens is 1. The molecule has 0 radical (unpaired) electrons. The van der Waals surface area contributed by atoms with E-state index in [1.54, 1.807) is 0 Å². The van der Waals surface area contributed by atoms with Crippen LogP contribution in [0, 0.1) is 24.7 Å². The molecule has 2 fully saturated rings. The zero-order valence-electron chi connectivity index (χ0n) is 18.1. The number of aryl methyl sites for hydroxylation is 1. The molecule has 32 heavy (non-hydrogen) atoms. The molecule has 4 heteroatoms. The van der Waals surface area contributed by atoms with Crippen molar-refractivity contribution in [1.29, 1.82) is 0 Å². The lowest BCUT2D eigenvalue weighted by molar-refractivity contribution is 0.102. The van der Waals surface area contributed by atoms with Gasteiger partial charge in [0, 0.05) is 22.0 Å². The van der Waals surface area contributed by atoms with Gasteiger partial charge in [0.25, 0.3) is 5.91 Å². The predicted molar refractivity (Wildman–Crippen MR) is 130 cm³/mol. The van der Waals surface area contributed by atoms with Crippen molar-refractivity contribution in [3.63, 3.8) is 0 Å². The zero-order chi connectivity index (χ0) is 21.8. The van der Waals surface area contributed by atoms with Gasteiger partial charge in [-0.1, -0.05) is 41.9 Å². The Labute approximate surface area is 194 Å². The van der Waals surface area contributed by atoms with Gasteiger partial charge in [0.15, 0.2) is 0 Å². The maximum absolute atomic E-state index is 13.1. The predicted octanol–water partition coefficient (Wildman–Crippen LogP) is 7.20. The number of amides is 1. The summed E-state index contributed by atoms with van der Waals surface area (Å²) in [4.78, 5) is 13.1. The molecule has 0 saturated heterocycles. The Morgan fingerprint density at radius 3 is 2.62 bits per heavy atom. The largest absolute Gasteiger partial charge is 0.378 e. The number of anilines is 2. The Morgan fingerprint density at radius 2 is 1.81 bits per heavy atom. The molecule has 1 amide bonds. The molecule has 2 saturated carbocycles. The minimum Gasteiger partial charge on any atom is -0.378 e. The smallest absolute Gasteiger partial charge is 0.255 e. The fourth-order valence-electron chi connectivity index (χ4n) is 6.58. The lowest BCUT2D eigenvalue weighted by Crippen LogP contribution is -2.35. The molecule has 3 aliphatic rings. The average Bonchev–Trinajstić information content (AvgIpc) is 3.43. The fraction of sp³-hybridized carbons (Fsp3) is 0.321. The molecule has 6 rings (SSSR count). The van der Waals surface area contributed by atoms with Crippen molar-refractivity contribution < 1.29 is 4.79 Å². The van der Waals surface area contributed by atoms with Gasteiger partial charge in [0.2, 0.25) is 0 Å². The van der Waals surface area contributed by atoms with Crippen LogP contribution < -0.4 is 10.6 Å². The Kier molecular flexibility index (Phi) is 4.76. The summed E-state index contributed by atoms with van der Waals surface area (Å²) < 4.78 is 0. The number of carbonyl (C=O) groups excluding carboxylic acids is 1. The van der Waals surface area contributed by atoms with Crippen LogP contribution in [0.2, 0.25) is 5.02 Å². The number of benzene rings is 3. The summed E-state index contributed by atoms with van der Waals surface area (Å²) >= 11 is 6.07. The Balaban J connectivity index is 1.34. The van der Waals surface area contributed by atoms with Gasteiger partial charge < -0.3 is 10.6 Å². The van der Waals surface area contributed by atoms with Crippen LogP contribution in [0.4, 0.5) is 11.4 Å². The van der Waals surface area contributed by atoms with E-state index in [-0.39, 0.29) is 5.91 Å². The van der Waals surface area contributed by atoms with Gasteiger partial charge in [-0.2, -0.15) is 0 Å². The monoisotopic (exact) mass is 442 g/mol. The molecule has 3 aromatic rings. The molecule has 0 spiro atoms. The first-order chi connectivity index (χ1) is 15.6. The van der Waals surface area contributed by atoms with E-state index in [2.05, 4.69) is 53.1 Å². The van der Waals surface area contributed by atoms with Gasteiger partial charge in [-0.3, -0.25) is 4.79 Å². The van der Waals surface area contributed by atoms with Gasteiger partial charge in [-0.15, -0.1) is 0 Å². The van der Waals surface area contributed by atoms with Crippen LogP contribution in [0.1, 0.15) is 58.3 Å². The number of hydrogen-bond donors (Lipinski definition) is 2. The highest BCUT2D eigenvalue weighted by Gasteiger charge is 2.53. The van der Waals surface area contributed by atoms with Crippen LogP contribution in [0.25, 0.3) is 0 Å². The van der Waals surface area contributed by atoms with Crippen molar-refractivity contribution >= 4 is 28.9 Å². The van der Waals surface area contributed by atoms with E-state index in [9.17, 15) is 4.79 Å². The molecule has 1 aliphatic heterocycles. The van der Waals surface area contributed by atoms with Crippen molar-refractivity contribution in [1.82, 2.24) is 0 Å². The van der Waals surface area contributed by atoms with Crippen molar-refractivity contribution in [3.8, 4) is 0 Å². The maximum atomic E-state index is 13.1. The molecule has 2 bridgehead atoms. The normalized spacial score (nSPS) is 27.4. The Bertz CT molecular complexity index is 1190. The maximum Gasteiger partial charge on any atom is 0.255 e. The van der Waals surface area contributed by atoms with Gasteiger partial charge in [0.1, 0.15) is 0 Å². The molecule has 1 heterocycles. The molecule has 3 aromatic carbocycles. The van der Waals surface area contributed by atoms with E-state index in [0.717, 1.165) is 28.7 Å². The molecular formula is C28H27ClN2O. The van der Waals surface area contributed by atoms with Crippen LogP contribution >= 0.6 is 11.6 Å². The van der Waals surface area contributed by atoms with E-state index in [0.29, 0.717) is 22.9 Å². The Morgan fingerprint density at radius 1 is 1.00 bits per heavy atom. The molecule has 0 aromatic heterocycles. The Hall–Kier alpha value is -2.78. The van der Waals surface area contributed by atoms with E-state index in [4.69, 9.17) is 11.6 Å². The second-order valence-electron chi connectivity index (χ2n) is 9.68. The SMILES string of the molecule is Cc1cc(Cl)ccc1NC(=O)c1ccc2c(c1)[C@@H]1[C@H]3CC[C@@H](C3)[C@H]1[C@@H](c1ccccc1)N2. The fourth-order valence-corrected chi connectivity index (χ4v) is 6.81. The van der Waals surface area contributed by atoms with E-state index in [1.807, 2.05) is 31.2 Å². The third kappa shape index (κ3) is 3.22. The third-order valence-electron chi connectivity index (χ3n) is 7.94. The standard InChI is InChI=1S/C28H27ClN2O/c1-16-13-21(29)10-12-23(16)31-28(32)20-9-11-24-22(15-20)25-18-7-8-19(14-18)26(25)27(30-24)17-5-3-2-4-6-17/h2-6,9-13,15,18-19,25-27,30H,7-8,14H2,1H3,(H,31,32)/t18-,19-,25-,26+,27+/m0/s1. The van der Waals surface area contributed by atoms with Crippen LogP contribution in [-0.2, 0) is 0 Å². The second-order valence-corrected chi connectivity index (χ2v) is 10.1. The summed E-state index contributed by atoms with van der Waals surface area (Å²) in [5, 5.41) is 7.60. The summed E-state index contributed by atoms with van der Waals surface area (Å²) in [7, 11) is 0. The number of nitrogens with one attached hydrogen (secondary N) is 2. The quantitative estimate of drug-likeness (QED) is 0.450. The minimum absolute atomic E-state index is 0.0666. The second kappa shape index (κ2) is 7.67. The van der Waals surface area contributed by atoms with Gasteiger partial charge in [-0.05, 0) is 103 Å². The first-order valence-corrected chi connectivity index (χ1v) is 12.0. The molecular weight excluding hydrogens is 416 g/mol. The molecule has 5 atom stereocenters. The molecule has 162 valence electrons. The zero-order valence-corrected chi connectivity index (χ0v) is 18.9. The molecule has 2 N–H and O–H groups in total. The number of hydrogen-bond acceptors (Lipinski definition) is 2. The summed E-state index contributed by atoms with van der Waals surface area (Å²) in [6.07, 6.45) is 3.97. The lowest BCUT2D eigenvalue weighted by atomic mass is 9.68. The molecule has 0 unspecified atom stereocenters. The van der Waals surface area contributed by atoms with Crippen molar-refractivity contribution in [3.05, 3.63) is 94.0 Å². The number of fused-ring (bicyclic) bond motifs is 7. The highest BCUT2D eigenvalue weighted by Crippen LogP contribution is 2.63. The average molecular weight is 443 g/mol. The summed E-state index contributed by atoms with van der Waals surface area (Å²) in [6.45, 7) is 1.96. The third-order valence-corrected chi connectivity index (χ3v) is 8.18. The highest BCUT2D eigenvalue weighted by molar-refractivity contribution is 6.30. The van der Waals surface area contributed by atoms with Crippen LogP contribution in [0.15, 0.2) is 66.7 Å². The van der Waals surface area contributed by atoms with Gasteiger partial charge in [0.05, 0.1) is 6.04 Å². The number of rotatable bonds is 3. The first kappa shape index (κ1) is 19.9. The van der Waals surface area contributed by atoms with E-state index < -0.39 is 0 Å². The van der Waals surface area contributed by atoms with Crippen molar-refractivity contribution in [2.75, 3.05) is 10.6 Å². The summed E-state index contributed by atoms with van der Waals surface area (Å²) in [6, 6.07) is 23.0. The van der Waals surface area contributed by atoms with Gasteiger partial charge in [-0.25, -0.2) is 0 Å². The number of carbonyl (C=O) groups is 1. The summed E-state index contributed by atoms with van der Waals surface area (Å²) in [5.41, 5.74) is 6.38. The van der Waals surface area contributed by atoms with Crippen LogP contribution in [-0.4, -0.2) is 5.91 Å².